The molecule has 1 aromatic rings. The minimum atomic E-state index is 0.105. The van der Waals surface area contributed by atoms with Crippen molar-refractivity contribution < 1.29 is 9.53 Å². The summed E-state index contributed by atoms with van der Waals surface area (Å²) >= 11 is 0. The zero-order valence-corrected chi connectivity index (χ0v) is 12.5. The Morgan fingerprint density at radius 3 is 2.57 bits per heavy atom. The number of amides is 1. The van der Waals surface area contributed by atoms with Gasteiger partial charge >= 0.3 is 0 Å². The molecule has 0 aliphatic carbocycles. The molecule has 3 rings (SSSR count). The summed E-state index contributed by atoms with van der Waals surface area (Å²) < 4.78 is 4.93. The summed E-state index contributed by atoms with van der Waals surface area (Å²) in [6.07, 6.45) is 6.87. The third-order valence-corrected chi connectivity index (χ3v) is 4.72. The first kappa shape index (κ1) is 14.3. The molecule has 114 valence electrons. The minimum Gasteiger partial charge on any atom is -0.375 e. The summed E-state index contributed by atoms with van der Waals surface area (Å²) in [7, 11) is 1.57. The maximum atomic E-state index is 11.9. The largest absolute Gasteiger partial charge is 0.375 e. The van der Waals surface area contributed by atoms with Gasteiger partial charge in [0.15, 0.2) is 0 Å². The molecule has 0 aromatic carbocycles. The molecule has 1 aromatic heterocycles. The van der Waals surface area contributed by atoms with E-state index in [2.05, 4.69) is 14.9 Å². The number of aromatic nitrogens is 2. The fraction of sp³-hybridized carbons (Fsp3) is 0.667. The second kappa shape index (κ2) is 5.97. The van der Waals surface area contributed by atoms with Gasteiger partial charge in [0.1, 0.15) is 6.61 Å². The van der Waals surface area contributed by atoms with Gasteiger partial charge in [0, 0.05) is 45.7 Å². The number of carbonyl (C=O) groups excluding carboxylic acids is 1. The number of anilines is 1. The smallest absolute Gasteiger partial charge is 0.248 e. The highest BCUT2D eigenvalue weighted by Gasteiger charge is 2.41. The van der Waals surface area contributed by atoms with E-state index in [1.54, 1.807) is 19.5 Å². The number of rotatable bonds is 3. The summed E-state index contributed by atoms with van der Waals surface area (Å²) in [5.74, 6) is 0.931. The van der Waals surface area contributed by atoms with Crippen molar-refractivity contribution in [3.05, 3.63) is 18.5 Å². The van der Waals surface area contributed by atoms with Crippen LogP contribution in [0.25, 0.3) is 0 Å². The zero-order valence-electron chi connectivity index (χ0n) is 12.5. The van der Waals surface area contributed by atoms with Gasteiger partial charge in [-0.25, -0.2) is 9.97 Å². The molecule has 2 saturated heterocycles. The van der Waals surface area contributed by atoms with Crippen LogP contribution in [0.15, 0.2) is 18.5 Å². The van der Waals surface area contributed by atoms with Gasteiger partial charge in [0.05, 0.1) is 0 Å². The highest BCUT2D eigenvalue weighted by Crippen LogP contribution is 2.41. The molecule has 0 radical (unpaired) electrons. The molecule has 6 nitrogen and oxygen atoms in total. The number of ether oxygens (including phenoxy) is 1. The van der Waals surface area contributed by atoms with E-state index in [0.717, 1.165) is 51.4 Å². The van der Waals surface area contributed by atoms with Gasteiger partial charge < -0.3 is 14.5 Å². The van der Waals surface area contributed by atoms with Crippen LogP contribution < -0.4 is 4.90 Å². The first-order valence-electron chi connectivity index (χ1n) is 7.51. The predicted molar refractivity (Wildman–Crippen MR) is 79.0 cm³/mol. The Morgan fingerprint density at radius 2 is 1.90 bits per heavy atom. The summed E-state index contributed by atoms with van der Waals surface area (Å²) in [5.41, 5.74) is 0.322. The quantitative estimate of drug-likeness (QED) is 0.829. The Bertz CT molecular complexity index is 486. The van der Waals surface area contributed by atoms with Crippen LogP contribution in [-0.2, 0) is 9.53 Å². The third-order valence-electron chi connectivity index (χ3n) is 4.72. The molecule has 21 heavy (non-hydrogen) atoms. The van der Waals surface area contributed by atoms with Gasteiger partial charge in [0.25, 0.3) is 0 Å². The SMILES string of the molecule is COCC(=O)N1CCC2(CC1)CCN(c1ncccn1)C2. The van der Waals surface area contributed by atoms with Crippen LogP contribution in [-0.4, -0.2) is 60.7 Å². The van der Waals surface area contributed by atoms with E-state index in [1.165, 1.54) is 0 Å². The lowest BCUT2D eigenvalue weighted by molar-refractivity contribution is -0.137. The molecule has 2 fully saturated rings. The lowest BCUT2D eigenvalue weighted by atomic mass is 9.78. The molecule has 1 amide bonds. The van der Waals surface area contributed by atoms with Gasteiger partial charge in [-0.15, -0.1) is 0 Å². The molecule has 0 unspecified atom stereocenters. The number of hydrogen-bond donors (Lipinski definition) is 0. The molecule has 0 N–H and O–H groups in total. The number of methoxy groups -OCH3 is 1. The molecular formula is C15H22N4O2. The van der Waals surface area contributed by atoms with E-state index in [1.807, 2.05) is 11.0 Å². The Hall–Kier alpha value is -1.69. The Kier molecular flexibility index (Phi) is 4.05. The number of likely N-dealkylation sites (tertiary alicyclic amines) is 1. The van der Waals surface area contributed by atoms with Crippen LogP contribution in [0.3, 0.4) is 0 Å². The van der Waals surface area contributed by atoms with Gasteiger partial charge in [-0.05, 0) is 30.7 Å². The fourth-order valence-corrected chi connectivity index (χ4v) is 3.41. The topological polar surface area (TPSA) is 58.6 Å². The number of nitrogens with zero attached hydrogens (tertiary/aromatic N) is 4. The van der Waals surface area contributed by atoms with Crippen molar-refractivity contribution in [3.63, 3.8) is 0 Å². The van der Waals surface area contributed by atoms with Crippen molar-refractivity contribution in [1.82, 2.24) is 14.9 Å². The van der Waals surface area contributed by atoms with Crippen molar-refractivity contribution in [1.29, 1.82) is 0 Å². The molecule has 6 heteroatoms. The van der Waals surface area contributed by atoms with Crippen molar-refractivity contribution in [2.45, 2.75) is 19.3 Å². The highest BCUT2D eigenvalue weighted by molar-refractivity contribution is 5.77. The first-order chi connectivity index (χ1) is 10.2. The fourth-order valence-electron chi connectivity index (χ4n) is 3.41. The minimum absolute atomic E-state index is 0.105. The molecule has 0 saturated carbocycles. The predicted octanol–water partition coefficient (Wildman–Crippen LogP) is 0.942. The van der Waals surface area contributed by atoms with Gasteiger partial charge in [0.2, 0.25) is 11.9 Å². The van der Waals surface area contributed by atoms with E-state index in [0.29, 0.717) is 5.41 Å². The van der Waals surface area contributed by atoms with Crippen LogP contribution in [0.1, 0.15) is 19.3 Å². The number of hydrogen-bond acceptors (Lipinski definition) is 5. The lowest BCUT2D eigenvalue weighted by Gasteiger charge is -2.39. The second-order valence-corrected chi connectivity index (χ2v) is 6.03. The average molecular weight is 290 g/mol. The molecule has 3 heterocycles. The summed E-state index contributed by atoms with van der Waals surface area (Å²) in [6, 6.07) is 1.84. The molecule has 2 aliphatic heterocycles. The lowest BCUT2D eigenvalue weighted by Crippen LogP contribution is -2.45. The van der Waals surface area contributed by atoms with E-state index in [-0.39, 0.29) is 12.5 Å². The third kappa shape index (κ3) is 3.00. The van der Waals surface area contributed by atoms with Crippen LogP contribution >= 0.6 is 0 Å². The molecule has 2 aliphatic rings. The maximum absolute atomic E-state index is 11.9. The van der Waals surface area contributed by atoms with E-state index in [4.69, 9.17) is 4.74 Å². The van der Waals surface area contributed by atoms with Gasteiger partial charge in [-0.2, -0.15) is 0 Å². The van der Waals surface area contributed by atoms with Crippen LogP contribution in [0.4, 0.5) is 5.95 Å². The van der Waals surface area contributed by atoms with E-state index in [9.17, 15) is 4.79 Å². The molecule has 1 spiro atoms. The Labute approximate surface area is 125 Å². The van der Waals surface area contributed by atoms with Crippen LogP contribution in [0.2, 0.25) is 0 Å². The van der Waals surface area contributed by atoms with Crippen LogP contribution in [0, 0.1) is 5.41 Å². The van der Waals surface area contributed by atoms with Crippen molar-refractivity contribution in [2.75, 3.05) is 44.8 Å². The summed E-state index contributed by atoms with van der Waals surface area (Å²) in [4.78, 5) is 24.7. The molecule has 0 bridgehead atoms. The first-order valence-corrected chi connectivity index (χ1v) is 7.51. The monoisotopic (exact) mass is 290 g/mol. The van der Waals surface area contributed by atoms with Crippen molar-refractivity contribution in [2.24, 2.45) is 5.41 Å². The number of piperidine rings is 1. The zero-order chi connectivity index (χ0) is 14.7. The van der Waals surface area contributed by atoms with Gasteiger partial charge in [-0.1, -0.05) is 0 Å². The van der Waals surface area contributed by atoms with E-state index >= 15 is 0 Å². The summed E-state index contributed by atoms with van der Waals surface area (Å²) in [6.45, 7) is 3.88. The second-order valence-electron chi connectivity index (χ2n) is 6.03. The molecular weight excluding hydrogens is 268 g/mol. The summed E-state index contributed by atoms with van der Waals surface area (Å²) in [5, 5.41) is 0. The van der Waals surface area contributed by atoms with Crippen LogP contribution in [0.5, 0.6) is 0 Å². The standard InChI is InChI=1S/C15H22N4O2/c1-21-11-13(20)18-8-3-15(4-9-18)5-10-19(12-15)14-16-6-2-7-17-14/h2,6-7H,3-5,8-12H2,1H3. The van der Waals surface area contributed by atoms with Crippen molar-refractivity contribution >= 4 is 11.9 Å². The van der Waals surface area contributed by atoms with Gasteiger partial charge in [-0.3, -0.25) is 4.79 Å². The normalized spacial score (nSPS) is 21.0. The average Bonchev–Trinajstić information content (AvgIpc) is 2.93. The highest BCUT2D eigenvalue weighted by atomic mass is 16.5. The van der Waals surface area contributed by atoms with E-state index < -0.39 is 0 Å². The Balaban J connectivity index is 1.58. The van der Waals surface area contributed by atoms with Crippen molar-refractivity contribution in [3.8, 4) is 0 Å². The Morgan fingerprint density at radius 1 is 1.24 bits per heavy atom. The number of carbonyl (C=O) groups is 1. The molecule has 0 atom stereocenters. The maximum Gasteiger partial charge on any atom is 0.248 e.